The van der Waals surface area contributed by atoms with Crippen LogP contribution >= 0.6 is 15.9 Å². The number of rotatable bonds is 4. The molecule has 114 valence electrons. The van der Waals surface area contributed by atoms with Crippen molar-refractivity contribution in [1.29, 1.82) is 0 Å². The predicted octanol–water partition coefficient (Wildman–Crippen LogP) is 2.10. The van der Waals surface area contributed by atoms with Gasteiger partial charge in [-0.1, -0.05) is 28.1 Å². The van der Waals surface area contributed by atoms with Gasteiger partial charge in [-0.25, -0.2) is 0 Å². The predicted molar refractivity (Wildman–Crippen MR) is 85.0 cm³/mol. The van der Waals surface area contributed by atoms with Crippen molar-refractivity contribution in [2.24, 2.45) is 5.73 Å². The van der Waals surface area contributed by atoms with Crippen molar-refractivity contribution in [3.8, 4) is 0 Å². The maximum Gasteiger partial charge on any atom is 0.240 e. The Morgan fingerprint density at radius 2 is 2.00 bits per heavy atom. The molecule has 1 aliphatic heterocycles. The highest BCUT2D eigenvalue weighted by Gasteiger charge is 2.45. The number of carbonyl (C=O) groups is 1. The molecule has 1 aromatic carbocycles. The molecule has 1 saturated heterocycles. The van der Waals surface area contributed by atoms with Crippen molar-refractivity contribution in [2.75, 3.05) is 19.8 Å². The van der Waals surface area contributed by atoms with E-state index in [-0.39, 0.29) is 11.3 Å². The zero-order valence-corrected chi connectivity index (χ0v) is 13.6. The number of nitrogens with two attached hydrogens (primary N) is 1. The summed E-state index contributed by atoms with van der Waals surface area (Å²) in [5, 5.41) is 3.08. The van der Waals surface area contributed by atoms with Crippen LogP contribution < -0.4 is 11.1 Å². The molecule has 0 atom stereocenters. The molecule has 21 heavy (non-hydrogen) atoms. The molecule has 0 aromatic heterocycles. The highest BCUT2D eigenvalue weighted by Crippen LogP contribution is 2.48. The van der Waals surface area contributed by atoms with Crippen molar-refractivity contribution in [3.63, 3.8) is 0 Å². The van der Waals surface area contributed by atoms with E-state index >= 15 is 0 Å². The normalized spacial score (nSPS) is 22.6. The third kappa shape index (κ3) is 3.15. The zero-order valence-electron chi connectivity index (χ0n) is 12.0. The molecule has 0 unspecified atom stereocenters. The number of amides is 1. The number of halogens is 1. The first-order chi connectivity index (χ1) is 10.0. The number of hydrogen-bond donors (Lipinski definition) is 2. The molecule has 0 radical (unpaired) electrons. The van der Waals surface area contributed by atoms with Gasteiger partial charge in [0.2, 0.25) is 5.91 Å². The molecule has 1 amide bonds. The summed E-state index contributed by atoms with van der Waals surface area (Å²) in [6.45, 7) is 1.81. The largest absolute Gasteiger partial charge is 0.381 e. The Kier molecular flexibility index (Phi) is 4.08. The summed E-state index contributed by atoms with van der Waals surface area (Å²) in [7, 11) is 0. The molecule has 0 bridgehead atoms. The monoisotopic (exact) mass is 352 g/mol. The molecule has 3 rings (SSSR count). The average Bonchev–Trinajstić information content (AvgIpc) is 3.27. The van der Waals surface area contributed by atoms with E-state index in [0.29, 0.717) is 32.6 Å². The molecular weight excluding hydrogens is 332 g/mol. The Morgan fingerprint density at radius 3 is 2.62 bits per heavy atom. The topological polar surface area (TPSA) is 64.4 Å². The van der Waals surface area contributed by atoms with E-state index in [1.807, 2.05) is 12.1 Å². The van der Waals surface area contributed by atoms with Crippen LogP contribution in [0.2, 0.25) is 0 Å². The van der Waals surface area contributed by atoms with Gasteiger partial charge in [0.25, 0.3) is 0 Å². The van der Waals surface area contributed by atoms with Crippen LogP contribution in [0, 0.1) is 0 Å². The van der Waals surface area contributed by atoms with E-state index in [1.165, 1.54) is 5.56 Å². The Bertz CT molecular complexity index is 537. The first kappa shape index (κ1) is 15.0. The van der Waals surface area contributed by atoms with Gasteiger partial charge in [0, 0.05) is 29.6 Å². The van der Waals surface area contributed by atoms with Gasteiger partial charge in [0.15, 0.2) is 0 Å². The minimum absolute atomic E-state index is 0.0351. The van der Waals surface area contributed by atoms with Gasteiger partial charge in [-0.05, 0) is 43.4 Å². The second-order valence-electron chi connectivity index (χ2n) is 6.24. The maximum atomic E-state index is 12.4. The number of benzene rings is 1. The second-order valence-corrected chi connectivity index (χ2v) is 7.16. The molecule has 1 heterocycles. The van der Waals surface area contributed by atoms with Crippen LogP contribution in [0.25, 0.3) is 0 Å². The van der Waals surface area contributed by atoms with E-state index in [9.17, 15) is 4.79 Å². The molecule has 3 N–H and O–H groups in total. The Labute approximate surface area is 133 Å². The average molecular weight is 353 g/mol. The van der Waals surface area contributed by atoms with Gasteiger partial charge >= 0.3 is 0 Å². The smallest absolute Gasteiger partial charge is 0.240 e. The first-order valence-electron chi connectivity index (χ1n) is 7.45. The van der Waals surface area contributed by atoms with E-state index in [0.717, 1.165) is 17.3 Å². The number of ether oxygens (including phenoxy) is 1. The minimum Gasteiger partial charge on any atom is -0.381 e. The molecular formula is C16H21BrN2O2. The molecule has 5 heteroatoms. The lowest BCUT2D eigenvalue weighted by atomic mass is 9.89. The van der Waals surface area contributed by atoms with Gasteiger partial charge in [0.1, 0.15) is 0 Å². The van der Waals surface area contributed by atoms with Crippen LogP contribution in [0.1, 0.15) is 31.2 Å². The fourth-order valence-corrected chi connectivity index (χ4v) is 3.32. The highest BCUT2D eigenvalue weighted by molar-refractivity contribution is 9.10. The quantitative estimate of drug-likeness (QED) is 0.871. The minimum atomic E-state index is -0.758. The standard InChI is InChI=1S/C16H21BrN2O2/c17-13-3-1-2-12(10-13)15(4-5-15)11-19-14(20)16(18)6-8-21-9-7-16/h1-3,10H,4-9,11,18H2,(H,19,20). The van der Waals surface area contributed by atoms with E-state index in [1.54, 1.807) is 0 Å². The van der Waals surface area contributed by atoms with Gasteiger partial charge in [-0.3, -0.25) is 4.79 Å². The third-order valence-corrected chi connectivity index (χ3v) is 5.21. The molecule has 0 spiro atoms. The van der Waals surface area contributed by atoms with Crippen LogP contribution in [0.4, 0.5) is 0 Å². The number of hydrogen-bond acceptors (Lipinski definition) is 3. The fourth-order valence-electron chi connectivity index (χ4n) is 2.92. The fraction of sp³-hybridized carbons (Fsp3) is 0.562. The van der Waals surface area contributed by atoms with Crippen molar-refractivity contribution >= 4 is 21.8 Å². The van der Waals surface area contributed by atoms with Crippen LogP contribution in [0.15, 0.2) is 28.7 Å². The Hall–Kier alpha value is -0.910. The summed E-state index contributed by atoms with van der Waals surface area (Å²) in [6, 6.07) is 8.35. The van der Waals surface area contributed by atoms with Crippen molar-refractivity contribution in [3.05, 3.63) is 34.3 Å². The van der Waals surface area contributed by atoms with Crippen LogP contribution in [0.5, 0.6) is 0 Å². The van der Waals surface area contributed by atoms with Gasteiger partial charge in [0.05, 0.1) is 5.54 Å². The molecule has 1 aromatic rings. The van der Waals surface area contributed by atoms with Crippen LogP contribution in [-0.2, 0) is 14.9 Å². The summed E-state index contributed by atoms with van der Waals surface area (Å²) >= 11 is 3.51. The van der Waals surface area contributed by atoms with E-state index in [2.05, 4.69) is 33.4 Å². The SMILES string of the molecule is NC1(C(=O)NCC2(c3cccc(Br)c3)CC2)CCOCC1. The zero-order chi connectivity index (χ0) is 14.9. The summed E-state index contributed by atoms with van der Waals surface area (Å²) in [5.41, 5.74) is 6.84. The summed E-state index contributed by atoms with van der Waals surface area (Å²) < 4.78 is 6.37. The molecule has 4 nitrogen and oxygen atoms in total. The summed E-state index contributed by atoms with van der Waals surface area (Å²) in [5.74, 6) is -0.0351. The Morgan fingerprint density at radius 1 is 1.29 bits per heavy atom. The summed E-state index contributed by atoms with van der Waals surface area (Å²) in [4.78, 5) is 12.4. The maximum absolute atomic E-state index is 12.4. The van der Waals surface area contributed by atoms with Gasteiger partial charge < -0.3 is 15.8 Å². The molecule has 2 aliphatic rings. The van der Waals surface area contributed by atoms with E-state index < -0.39 is 5.54 Å². The first-order valence-corrected chi connectivity index (χ1v) is 8.24. The highest BCUT2D eigenvalue weighted by atomic mass is 79.9. The van der Waals surface area contributed by atoms with Crippen molar-refractivity contribution in [1.82, 2.24) is 5.32 Å². The van der Waals surface area contributed by atoms with Crippen LogP contribution in [-0.4, -0.2) is 31.2 Å². The lowest BCUT2D eigenvalue weighted by Gasteiger charge is -2.32. The number of carbonyl (C=O) groups excluding carboxylic acids is 1. The Balaban J connectivity index is 1.63. The lowest BCUT2D eigenvalue weighted by molar-refractivity contribution is -0.129. The molecule has 2 fully saturated rings. The lowest BCUT2D eigenvalue weighted by Crippen LogP contribution is -2.57. The summed E-state index contributed by atoms with van der Waals surface area (Å²) in [6.07, 6.45) is 3.43. The second kappa shape index (κ2) is 5.71. The van der Waals surface area contributed by atoms with Crippen molar-refractivity contribution < 1.29 is 9.53 Å². The van der Waals surface area contributed by atoms with Gasteiger partial charge in [-0.2, -0.15) is 0 Å². The van der Waals surface area contributed by atoms with E-state index in [4.69, 9.17) is 10.5 Å². The molecule has 1 saturated carbocycles. The third-order valence-electron chi connectivity index (χ3n) is 4.72. The van der Waals surface area contributed by atoms with Crippen LogP contribution in [0.3, 0.4) is 0 Å². The van der Waals surface area contributed by atoms with Crippen molar-refractivity contribution in [2.45, 2.75) is 36.6 Å². The molecule has 1 aliphatic carbocycles. The van der Waals surface area contributed by atoms with Gasteiger partial charge in [-0.15, -0.1) is 0 Å². The number of nitrogens with one attached hydrogen (secondary N) is 1.